The van der Waals surface area contributed by atoms with E-state index in [9.17, 15) is 8.78 Å². The minimum absolute atomic E-state index is 0.0507. The average Bonchev–Trinajstić information content (AvgIpc) is 2.90. The molecular weight excluding hydrogens is 472 g/mol. The molecule has 1 heterocycles. The highest BCUT2D eigenvalue weighted by Gasteiger charge is 2.27. The van der Waals surface area contributed by atoms with Crippen LogP contribution in [0.2, 0.25) is 0 Å². The minimum Gasteiger partial charge on any atom is -0.491 e. The molecule has 36 heavy (non-hydrogen) atoms. The topological polar surface area (TPSA) is 27.7 Å². The van der Waals surface area contributed by atoms with Gasteiger partial charge in [0.15, 0.2) is 29.5 Å². The van der Waals surface area contributed by atoms with Crippen LogP contribution in [0.5, 0.6) is 5.75 Å². The van der Waals surface area contributed by atoms with Crippen LogP contribution < -0.4 is 4.74 Å². The van der Waals surface area contributed by atoms with Crippen LogP contribution >= 0.6 is 0 Å². The van der Waals surface area contributed by atoms with E-state index in [1.54, 1.807) is 37.3 Å². The summed E-state index contributed by atoms with van der Waals surface area (Å²) in [4.78, 5) is 0. The Bertz CT molecular complexity index is 1170. The zero-order valence-corrected chi connectivity index (χ0v) is 20.5. The molecule has 192 valence electrons. The van der Waals surface area contributed by atoms with Gasteiger partial charge < -0.3 is 14.2 Å². The first-order valence-corrected chi connectivity index (χ1v) is 12.4. The predicted octanol–water partition coefficient (Wildman–Crippen LogP) is 8.01. The molecule has 0 atom stereocenters. The Kier molecular flexibility index (Phi) is 8.64. The van der Waals surface area contributed by atoms with Gasteiger partial charge in [-0.25, -0.2) is 13.2 Å². The number of benzene rings is 3. The van der Waals surface area contributed by atoms with Crippen LogP contribution in [-0.4, -0.2) is 26.1 Å². The van der Waals surface area contributed by atoms with E-state index in [1.807, 2.05) is 0 Å². The van der Waals surface area contributed by atoms with Crippen molar-refractivity contribution in [3.8, 4) is 28.0 Å². The lowest BCUT2D eigenvalue weighted by molar-refractivity contribution is -0.190. The van der Waals surface area contributed by atoms with Gasteiger partial charge in [-0.05, 0) is 48.6 Å². The highest BCUT2D eigenvalue weighted by Crippen LogP contribution is 2.34. The summed E-state index contributed by atoms with van der Waals surface area (Å²) in [5.41, 5.74) is 1.17. The standard InChI is InChI=1S/C29H30F4O3/c1-3-5-6-7-25-35-16-20(17-36-25)23-13-12-21(26(30)27(23)31)18-8-10-19(11-9-18)22-14-15-24(34-4-2)29(33)28(22)32/h8-15,20,25H,3-7,16-17H2,1-2H3. The zero-order valence-electron chi connectivity index (χ0n) is 20.5. The fourth-order valence-corrected chi connectivity index (χ4v) is 4.40. The van der Waals surface area contributed by atoms with Crippen molar-refractivity contribution in [2.24, 2.45) is 0 Å². The first kappa shape index (κ1) is 26.2. The maximum absolute atomic E-state index is 15.1. The number of hydrogen-bond acceptors (Lipinski definition) is 3. The minimum atomic E-state index is -1.06. The van der Waals surface area contributed by atoms with Gasteiger partial charge in [0.25, 0.3) is 0 Å². The quantitative estimate of drug-likeness (QED) is 0.219. The van der Waals surface area contributed by atoms with Crippen molar-refractivity contribution in [3.05, 3.63) is 77.4 Å². The SMILES string of the molecule is CCCCCC1OCC(c2ccc(-c3ccc(-c4ccc(OCC)c(F)c4F)cc3)c(F)c2F)CO1. The molecule has 1 saturated heterocycles. The number of halogens is 4. The average molecular weight is 503 g/mol. The fourth-order valence-electron chi connectivity index (χ4n) is 4.40. The van der Waals surface area contributed by atoms with Gasteiger partial charge in [0.05, 0.1) is 19.8 Å². The molecule has 0 N–H and O–H groups in total. The van der Waals surface area contributed by atoms with Gasteiger partial charge in [-0.1, -0.05) is 56.2 Å². The molecule has 1 fully saturated rings. The molecular formula is C29H30F4O3. The maximum atomic E-state index is 15.1. The third-order valence-electron chi connectivity index (χ3n) is 6.42. The van der Waals surface area contributed by atoms with Gasteiger partial charge in [0.1, 0.15) is 0 Å². The Hall–Kier alpha value is -2.90. The molecule has 0 aliphatic carbocycles. The molecule has 0 amide bonds. The monoisotopic (exact) mass is 502 g/mol. The lowest BCUT2D eigenvalue weighted by Crippen LogP contribution is -2.31. The van der Waals surface area contributed by atoms with Crippen LogP contribution in [0.25, 0.3) is 22.3 Å². The molecule has 1 aliphatic heterocycles. The van der Waals surface area contributed by atoms with Gasteiger partial charge in [-0.2, -0.15) is 4.39 Å². The summed E-state index contributed by atoms with van der Waals surface area (Å²) in [5, 5.41) is 0. The molecule has 0 radical (unpaired) electrons. The predicted molar refractivity (Wildman–Crippen MR) is 131 cm³/mol. The summed E-state index contributed by atoms with van der Waals surface area (Å²) in [7, 11) is 0. The second-order valence-corrected chi connectivity index (χ2v) is 8.87. The Labute approximate surface area is 209 Å². The molecule has 0 aromatic heterocycles. The van der Waals surface area contributed by atoms with Crippen molar-refractivity contribution in [2.75, 3.05) is 19.8 Å². The second kappa shape index (κ2) is 11.9. The van der Waals surface area contributed by atoms with Gasteiger partial charge in [-0.15, -0.1) is 0 Å². The van der Waals surface area contributed by atoms with E-state index in [4.69, 9.17) is 14.2 Å². The summed E-state index contributed by atoms with van der Waals surface area (Å²) in [6.45, 7) is 4.55. The van der Waals surface area contributed by atoms with Crippen LogP contribution in [0.15, 0.2) is 48.5 Å². The fraction of sp³-hybridized carbons (Fsp3) is 0.379. The van der Waals surface area contributed by atoms with Gasteiger partial charge in [-0.3, -0.25) is 0 Å². The normalized spacial score (nSPS) is 17.8. The van der Waals surface area contributed by atoms with Crippen molar-refractivity contribution in [1.82, 2.24) is 0 Å². The summed E-state index contributed by atoms with van der Waals surface area (Å²) >= 11 is 0. The third kappa shape index (κ3) is 5.57. The number of ether oxygens (including phenoxy) is 3. The number of unbranched alkanes of at least 4 members (excludes halogenated alkanes) is 2. The first-order chi connectivity index (χ1) is 17.4. The van der Waals surface area contributed by atoms with Crippen molar-refractivity contribution >= 4 is 0 Å². The van der Waals surface area contributed by atoms with E-state index in [0.29, 0.717) is 11.1 Å². The van der Waals surface area contributed by atoms with E-state index in [0.717, 1.165) is 25.7 Å². The highest BCUT2D eigenvalue weighted by molar-refractivity contribution is 5.71. The van der Waals surface area contributed by atoms with Crippen LogP contribution in [0.3, 0.4) is 0 Å². The van der Waals surface area contributed by atoms with Crippen LogP contribution in [0.4, 0.5) is 17.6 Å². The largest absolute Gasteiger partial charge is 0.491 e. The summed E-state index contributed by atoms with van der Waals surface area (Å²) in [6.07, 6.45) is 3.70. The molecule has 7 heteroatoms. The van der Waals surface area contributed by atoms with E-state index in [2.05, 4.69) is 6.92 Å². The molecule has 3 aromatic carbocycles. The Morgan fingerprint density at radius 3 is 1.89 bits per heavy atom. The Morgan fingerprint density at radius 1 is 0.722 bits per heavy atom. The lowest BCUT2D eigenvalue weighted by atomic mass is 9.94. The number of hydrogen-bond donors (Lipinski definition) is 0. The van der Waals surface area contributed by atoms with E-state index in [1.165, 1.54) is 18.2 Å². The van der Waals surface area contributed by atoms with Crippen LogP contribution in [0, 0.1) is 23.3 Å². The summed E-state index contributed by atoms with van der Waals surface area (Å²) in [5.74, 6) is -4.55. The first-order valence-electron chi connectivity index (χ1n) is 12.4. The highest BCUT2D eigenvalue weighted by atomic mass is 19.2. The Balaban J connectivity index is 1.49. The molecule has 0 bridgehead atoms. The third-order valence-corrected chi connectivity index (χ3v) is 6.42. The summed E-state index contributed by atoms with van der Waals surface area (Å²) in [6, 6.07) is 12.1. The molecule has 1 aliphatic rings. The molecule has 0 spiro atoms. The molecule has 4 rings (SSSR count). The van der Waals surface area contributed by atoms with Crippen LogP contribution in [0.1, 0.15) is 51.0 Å². The summed E-state index contributed by atoms with van der Waals surface area (Å²) < 4.78 is 75.4. The van der Waals surface area contributed by atoms with E-state index in [-0.39, 0.29) is 48.6 Å². The second-order valence-electron chi connectivity index (χ2n) is 8.87. The Morgan fingerprint density at radius 2 is 1.31 bits per heavy atom. The van der Waals surface area contributed by atoms with Gasteiger partial charge in [0.2, 0.25) is 5.82 Å². The molecule has 0 saturated carbocycles. The van der Waals surface area contributed by atoms with Gasteiger partial charge in [0, 0.05) is 17.0 Å². The zero-order chi connectivity index (χ0) is 25.7. The van der Waals surface area contributed by atoms with Crippen molar-refractivity contribution in [3.63, 3.8) is 0 Å². The van der Waals surface area contributed by atoms with E-state index < -0.39 is 29.2 Å². The van der Waals surface area contributed by atoms with Gasteiger partial charge >= 0.3 is 0 Å². The van der Waals surface area contributed by atoms with Crippen molar-refractivity contribution in [2.45, 2.75) is 51.7 Å². The molecule has 3 aromatic rings. The van der Waals surface area contributed by atoms with Crippen molar-refractivity contribution < 1.29 is 31.8 Å². The van der Waals surface area contributed by atoms with Crippen molar-refractivity contribution in [1.29, 1.82) is 0 Å². The molecule has 3 nitrogen and oxygen atoms in total. The van der Waals surface area contributed by atoms with E-state index >= 15 is 8.78 Å². The number of rotatable bonds is 9. The maximum Gasteiger partial charge on any atom is 0.201 e. The van der Waals surface area contributed by atoms with Crippen LogP contribution in [-0.2, 0) is 9.47 Å². The lowest BCUT2D eigenvalue weighted by Gasteiger charge is -2.30. The molecule has 0 unspecified atom stereocenters. The smallest absolute Gasteiger partial charge is 0.201 e.